The van der Waals surface area contributed by atoms with Gasteiger partial charge < -0.3 is 10.1 Å². The number of carbonyl (C=O) groups is 2. The molecule has 5 heteroatoms. The van der Waals surface area contributed by atoms with E-state index < -0.39 is 0 Å². The third-order valence-corrected chi connectivity index (χ3v) is 3.86. The highest BCUT2D eigenvalue weighted by atomic mass is 16.5. The molecular weight excluding hydrogens is 268 g/mol. The van der Waals surface area contributed by atoms with Crippen LogP contribution in [0.15, 0.2) is 24.3 Å². The Balaban J connectivity index is 2.14. The number of hydrogen-bond donors (Lipinski definition) is 1. The first-order chi connectivity index (χ1) is 10.0. The molecule has 1 saturated heterocycles. The lowest BCUT2D eigenvalue weighted by Gasteiger charge is -2.31. The van der Waals surface area contributed by atoms with Gasteiger partial charge in [-0.05, 0) is 30.7 Å². The summed E-state index contributed by atoms with van der Waals surface area (Å²) in [5.74, 6) is 0.743. The molecule has 1 N–H and O–H groups in total. The zero-order valence-electron chi connectivity index (χ0n) is 12.8. The molecule has 21 heavy (non-hydrogen) atoms. The molecule has 1 fully saturated rings. The van der Waals surface area contributed by atoms with E-state index in [0.717, 1.165) is 11.3 Å². The Morgan fingerprint density at radius 1 is 1.33 bits per heavy atom. The van der Waals surface area contributed by atoms with Gasteiger partial charge >= 0.3 is 0 Å². The molecule has 2 rings (SSSR count). The molecule has 0 aromatic heterocycles. The largest absolute Gasteiger partial charge is 0.497 e. The Morgan fingerprint density at radius 2 is 2.00 bits per heavy atom. The highest BCUT2D eigenvalue weighted by molar-refractivity contribution is 5.97. The fourth-order valence-electron chi connectivity index (χ4n) is 2.64. The van der Waals surface area contributed by atoms with Crippen LogP contribution in [0.1, 0.15) is 31.4 Å². The molecule has 1 aliphatic rings. The minimum absolute atomic E-state index is 0.0816. The van der Waals surface area contributed by atoms with Gasteiger partial charge in [0.1, 0.15) is 5.75 Å². The van der Waals surface area contributed by atoms with Crippen LogP contribution < -0.4 is 10.1 Å². The zero-order valence-corrected chi connectivity index (χ0v) is 12.8. The van der Waals surface area contributed by atoms with Crippen molar-refractivity contribution in [1.82, 2.24) is 10.2 Å². The first-order valence-corrected chi connectivity index (χ1v) is 7.19. The van der Waals surface area contributed by atoms with Crippen LogP contribution in [-0.4, -0.2) is 37.4 Å². The zero-order chi connectivity index (χ0) is 15.4. The molecule has 1 aromatic rings. The average Bonchev–Trinajstić information content (AvgIpc) is 2.46. The van der Waals surface area contributed by atoms with E-state index in [1.54, 1.807) is 7.11 Å². The van der Waals surface area contributed by atoms with Crippen LogP contribution in [-0.2, 0) is 9.59 Å². The van der Waals surface area contributed by atoms with Crippen molar-refractivity contribution in [2.24, 2.45) is 5.92 Å². The Kier molecular flexibility index (Phi) is 4.96. The first-order valence-electron chi connectivity index (χ1n) is 7.19. The lowest BCUT2D eigenvalue weighted by Crippen LogP contribution is -2.46. The molecule has 1 aliphatic heterocycles. The quantitative estimate of drug-likeness (QED) is 0.839. The van der Waals surface area contributed by atoms with Gasteiger partial charge in [0, 0.05) is 19.4 Å². The summed E-state index contributed by atoms with van der Waals surface area (Å²) in [7, 11) is 3.44. The Hall–Kier alpha value is -1.88. The van der Waals surface area contributed by atoms with E-state index in [9.17, 15) is 9.59 Å². The summed E-state index contributed by atoms with van der Waals surface area (Å²) in [4.78, 5) is 25.5. The number of amides is 2. The summed E-state index contributed by atoms with van der Waals surface area (Å²) in [6.07, 6.45) is 0.889. The van der Waals surface area contributed by atoms with Gasteiger partial charge in [-0.3, -0.25) is 14.5 Å². The van der Waals surface area contributed by atoms with Crippen LogP contribution >= 0.6 is 0 Å². The van der Waals surface area contributed by atoms with Gasteiger partial charge in [0.05, 0.1) is 13.2 Å². The van der Waals surface area contributed by atoms with Crippen LogP contribution in [0, 0.1) is 5.92 Å². The van der Waals surface area contributed by atoms with Crippen LogP contribution in [0.4, 0.5) is 0 Å². The standard InChI is InChI=1S/C16H22N2O3/c1-11-7-15(19)18(16(20)8-11)10-14(17-2)12-5-4-6-13(9-12)21-3/h4-6,9,11,14,17H,7-8,10H2,1-3H3. The highest BCUT2D eigenvalue weighted by Crippen LogP contribution is 2.24. The van der Waals surface area contributed by atoms with Gasteiger partial charge in [0.2, 0.25) is 11.8 Å². The summed E-state index contributed by atoms with van der Waals surface area (Å²) in [6, 6.07) is 7.56. The number of likely N-dealkylation sites (N-methyl/N-ethyl adjacent to an activating group) is 1. The molecule has 0 aliphatic carbocycles. The van der Waals surface area contributed by atoms with Crippen molar-refractivity contribution >= 4 is 11.8 Å². The van der Waals surface area contributed by atoms with Crippen molar-refractivity contribution in [1.29, 1.82) is 0 Å². The number of ether oxygens (including phenoxy) is 1. The lowest BCUT2D eigenvalue weighted by atomic mass is 9.96. The molecule has 2 amide bonds. The third kappa shape index (κ3) is 3.61. The second kappa shape index (κ2) is 6.72. The second-order valence-electron chi connectivity index (χ2n) is 5.53. The fourth-order valence-corrected chi connectivity index (χ4v) is 2.64. The minimum atomic E-state index is -0.0959. The van der Waals surface area contributed by atoms with Gasteiger partial charge in [-0.1, -0.05) is 19.1 Å². The molecule has 1 heterocycles. The Labute approximate surface area is 125 Å². The van der Waals surface area contributed by atoms with E-state index >= 15 is 0 Å². The van der Waals surface area contributed by atoms with Crippen LogP contribution in [0.2, 0.25) is 0 Å². The number of benzene rings is 1. The molecule has 0 bridgehead atoms. The SMILES string of the molecule is CNC(CN1C(=O)CC(C)CC1=O)c1cccc(OC)c1. The number of hydrogen-bond acceptors (Lipinski definition) is 4. The number of carbonyl (C=O) groups excluding carboxylic acids is 2. The van der Waals surface area contributed by atoms with Gasteiger partial charge in [-0.2, -0.15) is 0 Å². The van der Waals surface area contributed by atoms with Gasteiger partial charge in [-0.15, -0.1) is 0 Å². The number of imide groups is 1. The molecule has 1 unspecified atom stereocenters. The maximum atomic E-state index is 12.1. The van der Waals surface area contributed by atoms with E-state index in [1.165, 1.54) is 4.90 Å². The predicted octanol–water partition coefficient (Wildman–Crippen LogP) is 1.74. The summed E-state index contributed by atoms with van der Waals surface area (Å²) < 4.78 is 5.22. The summed E-state index contributed by atoms with van der Waals surface area (Å²) in [5, 5.41) is 3.17. The number of rotatable bonds is 5. The van der Waals surface area contributed by atoms with Gasteiger partial charge in [0.15, 0.2) is 0 Å². The fraction of sp³-hybridized carbons (Fsp3) is 0.500. The topological polar surface area (TPSA) is 58.6 Å². The van der Waals surface area contributed by atoms with Gasteiger partial charge in [-0.25, -0.2) is 0 Å². The molecule has 0 radical (unpaired) electrons. The molecule has 0 spiro atoms. The smallest absolute Gasteiger partial charge is 0.229 e. The van der Waals surface area contributed by atoms with Gasteiger partial charge in [0.25, 0.3) is 0 Å². The second-order valence-corrected chi connectivity index (χ2v) is 5.53. The number of piperidine rings is 1. The molecule has 114 valence electrons. The third-order valence-electron chi connectivity index (χ3n) is 3.86. The number of nitrogens with one attached hydrogen (secondary N) is 1. The molecule has 0 saturated carbocycles. The van der Waals surface area contributed by atoms with Crippen molar-refractivity contribution in [3.63, 3.8) is 0 Å². The number of methoxy groups -OCH3 is 1. The van der Waals surface area contributed by atoms with Crippen molar-refractivity contribution in [3.8, 4) is 5.75 Å². The minimum Gasteiger partial charge on any atom is -0.497 e. The average molecular weight is 290 g/mol. The van der Waals surface area contributed by atoms with Crippen LogP contribution in [0.3, 0.4) is 0 Å². The Morgan fingerprint density at radius 3 is 2.57 bits per heavy atom. The summed E-state index contributed by atoms with van der Waals surface area (Å²) >= 11 is 0. The van der Waals surface area contributed by atoms with Crippen molar-refractivity contribution in [2.75, 3.05) is 20.7 Å². The molecule has 1 aromatic carbocycles. The van der Waals surface area contributed by atoms with Crippen molar-refractivity contribution in [2.45, 2.75) is 25.8 Å². The maximum Gasteiger partial charge on any atom is 0.229 e. The Bertz CT molecular complexity index is 512. The predicted molar refractivity (Wildman–Crippen MR) is 79.9 cm³/mol. The van der Waals surface area contributed by atoms with Crippen molar-refractivity contribution < 1.29 is 14.3 Å². The maximum absolute atomic E-state index is 12.1. The highest BCUT2D eigenvalue weighted by Gasteiger charge is 2.31. The number of likely N-dealkylation sites (tertiary alicyclic amines) is 1. The van der Waals surface area contributed by atoms with Crippen LogP contribution in [0.5, 0.6) is 5.75 Å². The van der Waals surface area contributed by atoms with E-state index in [0.29, 0.717) is 19.4 Å². The summed E-state index contributed by atoms with van der Waals surface area (Å²) in [5.41, 5.74) is 0.996. The molecular formula is C16H22N2O3. The molecule has 1 atom stereocenters. The monoisotopic (exact) mass is 290 g/mol. The normalized spacial score (nSPS) is 18.0. The lowest BCUT2D eigenvalue weighted by molar-refractivity contribution is -0.150. The van der Waals surface area contributed by atoms with E-state index in [4.69, 9.17) is 4.74 Å². The summed E-state index contributed by atoms with van der Waals surface area (Å²) in [6.45, 7) is 2.29. The number of nitrogens with zero attached hydrogens (tertiary/aromatic N) is 1. The van der Waals surface area contributed by atoms with E-state index in [-0.39, 0.29) is 23.8 Å². The molecule has 5 nitrogen and oxygen atoms in total. The first kappa shape index (κ1) is 15.5. The van der Waals surface area contributed by atoms with E-state index in [2.05, 4.69) is 5.32 Å². The van der Waals surface area contributed by atoms with E-state index in [1.807, 2.05) is 38.2 Å². The van der Waals surface area contributed by atoms with Crippen molar-refractivity contribution in [3.05, 3.63) is 29.8 Å². The van der Waals surface area contributed by atoms with Crippen LogP contribution in [0.25, 0.3) is 0 Å².